The van der Waals surface area contributed by atoms with Crippen molar-refractivity contribution in [3.8, 4) is 0 Å². The monoisotopic (exact) mass is 411 g/mol. The van der Waals surface area contributed by atoms with Gasteiger partial charge in [-0.15, -0.1) is 0 Å². The molecule has 0 heterocycles. The molecule has 2 aromatic carbocycles. The fourth-order valence-electron chi connectivity index (χ4n) is 1.83. The second-order valence-electron chi connectivity index (χ2n) is 4.67. The van der Waals surface area contributed by atoms with Gasteiger partial charge in [-0.05, 0) is 0 Å². The van der Waals surface area contributed by atoms with Crippen LogP contribution in [-0.2, 0) is 0 Å². The first-order valence-corrected chi connectivity index (χ1v) is 14.2. The van der Waals surface area contributed by atoms with E-state index in [2.05, 4.69) is 48.2 Å². The number of anilines is 1. The molecule has 0 bridgehead atoms. The molecule has 0 N–H and O–H groups in total. The van der Waals surface area contributed by atoms with Crippen molar-refractivity contribution in [2.24, 2.45) is 0 Å². The molecular formula is C15H17Cl2NTe. The summed E-state index contributed by atoms with van der Waals surface area (Å²) in [6, 6.07) is 16.5. The molecule has 0 unspecified atom stereocenters. The van der Waals surface area contributed by atoms with Gasteiger partial charge in [0, 0.05) is 0 Å². The molecule has 19 heavy (non-hydrogen) atoms. The van der Waals surface area contributed by atoms with Gasteiger partial charge in [0.2, 0.25) is 0 Å². The van der Waals surface area contributed by atoms with E-state index in [9.17, 15) is 0 Å². The summed E-state index contributed by atoms with van der Waals surface area (Å²) in [5, 5.41) is 0. The van der Waals surface area contributed by atoms with Crippen molar-refractivity contribution in [2.75, 3.05) is 19.0 Å². The van der Waals surface area contributed by atoms with Crippen LogP contribution in [0, 0.1) is 6.92 Å². The molecule has 0 spiro atoms. The first kappa shape index (κ1) is 15.0. The molecule has 4 heteroatoms. The third-order valence-corrected chi connectivity index (χ3v) is 12.6. The normalized spacial score (nSPS) is 12.3. The molecule has 0 aliphatic carbocycles. The Kier molecular flexibility index (Phi) is 4.69. The van der Waals surface area contributed by atoms with Gasteiger partial charge in [0.25, 0.3) is 0 Å². The van der Waals surface area contributed by atoms with Gasteiger partial charge >= 0.3 is 127 Å². The fourth-order valence-corrected chi connectivity index (χ4v) is 8.30. The Hall–Kier alpha value is -0.390. The number of hydrogen-bond acceptors (Lipinski definition) is 1. The maximum atomic E-state index is 6.73. The molecule has 0 saturated carbocycles. The van der Waals surface area contributed by atoms with Crippen LogP contribution < -0.4 is 12.1 Å². The van der Waals surface area contributed by atoms with Crippen LogP contribution in [0.15, 0.2) is 48.5 Å². The van der Waals surface area contributed by atoms with Crippen LogP contribution >= 0.6 is 17.9 Å². The van der Waals surface area contributed by atoms with Crippen LogP contribution in [-0.4, -0.2) is 30.0 Å². The van der Waals surface area contributed by atoms with Crippen LogP contribution in [0.5, 0.6) is 0 Å². The first-order valence-electron chi connectivity index (χ1n) is 5.98. The number of aryl methyl sites for hydroxylation is 1. The summed E-state index contributed by atoms with van der Waals surface area (Å²) in [4.78, 5) is 2.06. The molecule has 1 nitrogen and oxygen atoms in total. The number of hydrogen-bond donors (Lipinski definition) is 0. The summed E-state index contributed by atoms with van der Waals surface area (Å²) in [6.45, 7) is 2.06. The van der Waals surface area contributed by atoms with E-state index in [-0.39, 0.29) is 0 Å². The predicted octanol–water partition coefficient (Wildman–Crippen LogP) is 3.10. The molecule has 0 fully saturated rings. The number of benzene rings is 2. The summed E-state index contributed by atoms with van der Waals surface area (Å²) in [5.74, 6) is 0. The Labute approximate surface area is 126 Å². The van der Waals surface area contributed by atoms with E-state index in [0.29, 0.717) is 0 Å². The molecule has 0 aliphatic rings. The molecular weight excluding hydrogens is 393 g/mol. The maximum absolute atomic E-state index is 6.73. The van der Waals surface area contributed by atoms with Crippen molar-refractivity contribution >= 4 is 46.8 Å². The van der Waals surface area contributed by atoms with E-state index >= 15 is 0 Å². The van der Waals surface area contributed by atoms with Crippen LogP contribution in [0.2, 0.25) is 0 Å². The van der Waals surface area contributed by atoms with E-state index < -0.39 is 15.9 Å². The van der Waals surface area contributed by atoms with Crippen LogP contribution in [0.4, 0.5) is 5.69 Å². The molecule has 0 amide bonds. The zero-order valence-corrected chi connectivity index (χ0v) is 15.1. The van der Waals surface area contributed by atoms with E-state index in [1.165, 1.54) is 5.56 Å². The second-order valence-corrected chi connectivity index (χ2v) is 17.3. The third kappa shape index (κ3) is 3.38. The Morgan fingerprint density at radius 1 is 0.895 bits per heavy atom. The molecule has 0 saturated heterocycles. The molecule has 2 aromatic rings. The number of nitrogens with zero attached hydrogens (tertiary/aromatic N) is 1. The molecule has 0 aromatic heterocycles. The minimum atomic E-state index is -3.21. The molecule has 0 radical (unpaired) electrons. The zero-order valence-electron chi connectivity index (χ0n) is 11.2. The second kappa shape index (κ2) is 5.94. The molecule has 0 aliphatic heterocycles. The van der Waals surface area contributed by atoms with Gasteiger partial charge in [0.1, 0.15) is 0 Å². The van der Waals surface area contributed by atoms with Gasteiger partial charge in [0.05, 0.1) is 0 Å². The number of halogens is 2. The van der Waals surface area contributed by atoms with Crippen molar-refractivity contribution < 1.29 is 0 Å². The quantitative estimate of drug-likeness (QED) is 0.704. The summed E-state index contributed by atoms with van der Waals surface area (Å²) in [5.41, 5.74) is 2.35. The van der Waals surface area contributed by atoms with E-state index in [0.717, 1.165) is 12.9 Å². The van der Waals surface area contributed by atoms with E-state index in [1.807, 2.05) is 26.2 Å². The molecule has 2 rings (SSSR count). The van der Waals surface area contributed by atoms with Crippen LogP contribution in [0.1, 0.15) is 5.56 Å². The zero-order chi connectivity index (χ0) is 14.0. The standard InChI is InChI=1S/C15H17Cl2NTe/c1-12-5-4-6-15(11-12)19(16,17)14-9-7-13(8-10-14)18(2)3/h4-11H,1-3H3. The van der Waals surface area contributed by atoms with Gasteiger partial charge in [0.15, 0.2) is 0 Å². The van der Waals surface area contributed by atoms with Crippen molar-refractivity contribution in [2.45, 2.75) is 6.92 Å². The summed E-state index contributed by atoms with van der Waals surface area (Å²) in [7, 11) is 17.5. The van der Waals surface area contributed by atoms with E-state index in [4.69, 9.17) is 17.9 Å². The Morgan fingerprint density at radius 2 is 1.53 bits per heavy atom. The molecule has 102 valence electrons. The Balaban J connectivity index is 2.38. The SMILES string of the molecule is Cc1cccc([Te](Cl)(Cl)c2ccc(N(C)C)cc2)c1. The topological polar surface area (TPSA) is 3.24 Å². The predicted molar refractivity (Wildman–Crippen MR) is 88.7 cm³/mol. The summed E-state index contributed by atoms with van der Waals surface area (Å²) >= 11 is -3.21. The van der Waals surface area contributed by atoms with Gasteiger partial charge in [-0.3, -0.25) is 0 Å². The van der Waals surface area contributed by atoms with Crippen molar-refractivity contribution in [3.63, 3.8) is 0 Å². The van der Waals surface area contributed by atoms with Crippen molar-refractivity contribution in [1.29, 1.82) is 0 Å². The number of rotatable bonds is 3. The van der Waals surface area contributed by atoms with Gasteiger partial charge in [-0.1, -0.05) is 0 Å². The van der Waals surface area contributed by atoms with Gasteiger partial charge in [-0.25, -0.2) is 0 Å². The minimum absolute atomic E-state index is 1.07. The Bertz CT molecular complexity index is 565. The molecule has 0 atom stereocenters. The average Bonchev–Trinajstić information content (AvgIpc) is 2.39. The van der Waals surface area contributed by atoms with Crippen molar-refractivity contribution in [1.82, 2.24) is 0 Å². The summed E-state index contributed by atoms with van der Waals surface area (Å²) in [6.07, 6.45) is 0. The first-order chi connectivity index (χ1) is 8.91. The van der Waals surface area contributed by atoms with Crippen LogP contribution in [0.3, 0.4) is 0 Å². The van der Waals surface area contributed by atoms with E-state index in [1.54, 1.807) is 0 Å². The van der Waals surface area contributed by atoms with Crippen molar-refractivity contribution in [3.05, 3.63) is 54.1 Å². The Morgan fingerprint density at radius 3 is 2.05 bits per heavy atom. The van der Waals surface area contributed by atoms with Gasteiger partial charge < -0.3 is 0 Å². The fraction of sp³-hybridized carbons (Fsp3) is 0.200. The third-order valence-electron chi connectivity index (χ3n) is 2.93. The average molecular weight is 410 g/mol. The summed E-state index contributed by atoms with van der Waals surface area (Å²) < 4.78 is 2.16. The van der Waals surface area contributed by atoms with Crippen LogP contribution in [0.25, 0.3) is 0 Å². The van der Waals surface area contributed by atoms with Gasteiger partial charge in [-0.2, -0.15) is 0 Å².